The first-order valence-corrected chi connectivity index (χ1v) is 5.51. The van der Waals surface area contributed by atoms with E-state index in [9.17, 15) is 14.7 Å². The van der Waals surface area contributed by atoms with Gasteiger partial charge in [0, 0.05) is 26.2 Å². The van der Waals surface area contributed by atoms with Crippen molar-refractivity contribution in [3.05, 3.63) is 0 Å². The molecule has 2 rings (SSSR count). The molecule has 2 aliphatic rings. The molecule has 1 unspecified atom stereocenters. The fraction of sp³-hybridized carbons (Fsp3) is 0.800. The van der Waals surface area contributed by atoms with Crippen LogP contribution in [-0.2, 0) is 4.79 Å². The fourth-order valence-corrected chi connectivity index (χ4v) is 2.15. The molecule has 2 aliphatic heterocycles. The zero-order chi connectivity index (χ0) is 11.8. The van der Waals surface area contributed by atoms with Crippen LogP contribution in [0.4, 0.5) is 4.79 Å². The lowest BCUT2D eigenvalue weighted by Gasteiger charge is -2.20. The zero-order valence-corrected chi connectivity index (χ0v) is 9.40. The van der Waals surface area contributed by atoms with Crippen molar-refractivity contribution < 1.29 is 14.7 Å². The minimum absolute atomic E-state index is 0.108. The first-order chi connectivity index (χ1) is 7.48. The second-order valence-electron chi connectivity index (χ2n) is 4.73. The molecule has 0 aromatic rings. The molecule has 6 nitrogen and oxygen atoms in total. The lowest BCUT2D eigenvalue weighted by molar-refractivity contribution is -0.125. The van der Waals surface area contributed by atoms with Gasteiger partial charge in [-0.1, -0.05) is 0 Å². The molecular weight excluding hydrogens is 210 g/mol. The quantitative estimate of drug-likeness (QED) is 0.606. The van der Waals surface area contributed by atoms with Crippen molar-refractivity contribution >= 4 is 11.9 Å². The van der Waals surface area contributed by atoms with Crippen molar-refractivity contribution in [1.82, 2.24) is 15.1 Å². The molecule has 0 radical (unpaired) electrons. The summed E-state index contributed by atoms with van der Waals surface area (Å²) >= 11 is 0. The molecule has 2 heterocycles. The molecule has 16 heavy (non-hydrogen) atoms. The normalized spacial score (nSPS) is 31.2. The van der Waals surface area contributed by atoms with Gasteiger partial charge in [0.1, 0.15) is 0 Å². The van der Waals surface area contributed by atoms with Gasteiger partial charge >= 0.3 is 6.03 Å². The van der Waals surface area contributed by atoms with Crippen LogP contribution in [0.1, 0.15) is 13.3 Å². The average molecular weight is 227 g/mol. The van der Waals surface area contributed by atoms with Gasteiger partial charge in [-0.3, -0.25) is 14.6 Å². The molecule has 0 aromatic heterocycles. The van der Waals surface area contributed by atoms with Crippen LogP contribution in [0.5, 0.6) is 0 Å². The second-order valence-corrected chi connectivity index (χ2v) is 4.73. The van der Waals surface area contributed by atoms with E-state index in [1.54, 1.807) is 6.92 Å². The SMILES string of the molecule is CC1(O)CCN(CCN2C(=O)CNC2=O)C1. The molecule has 2 saturated heterocycles. The Bertz CT molecular complexity index is 300. The van der Waals surface area contributed by atoms with E-state index in [1.165, 1.54) is 4.90 Å². The van der Waals surface area contributed by atoms with Gasteiger partial charge in [0.25, 0.3) is 0 Å². The Labute approximate surface area is 94.2 Å². The van der Waals surface area contributed by atoms with Gasteiger partial charge in [-0.2, -0.15) is 0 Å². The summed E-state index contributed by atoms with van der Waals surface area (Å²) in [6.07, 6.45) is 0.743. The molecule has 6 heteroatoms. The first kappa shape index (κ1) is 11.3. The average Bonchev–Trinajstić information content (AvgIpc) is 2.69. The smallest absolute Gasteiger partial charge is 0.324 e. The Hall–Kier alpha value is -1.14. The Kier molecular flexibility index (Phi) is 2.86. The van der Waals surface area contributed by atoms with Crippen molar-refractivity contribution in [2.24, 2.45) is 0 Å². The predicted octanol–water partition coefficient (Wildman–Crippen LogP) is -1.01. The molecule has 0 aromatic carbocycles. The number of nitrogens with one attached hydrogen (secondary N) is 1. The standard InChI is InChI=1S/C10H17N3O3/c1-10(16)2-3-12(7-10)4-5-13-8(14)6-11-9(13)15/h16H,2-7H2,1H3,(H,11,15). The number of rotatable bonds is 3. The highest BCUT2D eigenvalue weighted by molar-refractivity contribution is 6.01. The van der Waals surface area contributed by atoms with Crippen LogP contribution >= 0.6 is 0 Å². The van der Waals surface area contributed by atoms with E-state index < -0.39 is 5.60 Å². The topological polar surface area (TPSA) is 72.9 Å². The molecule has 90 valence electrons. The van der Waals surface area contributed by atoms with Crippen molar-refractivity contribution in [3.8, 4) is 0 Å². The number of likely N-dealkylation sites (tertiary alicyclic amines) is 1. The predicted molar refractivity (Wildman–Crippen MR) is 56.8 cm³/mol. The van der Waals surface area contributed by atoms with Gasteiger partial charge in [0.05, 0.1) is 12.1 Å². The van der Waals surface area contributed by atoms with E-state index in [-0.39, 0.29) is 18.5 Å². The van der Waals surface area contributed by atoms with E-state index in [1.807, 2.05) is 0 Å². The van der Waals surface area contributed by atoms with Gasteiger partial charge < -0.3 is 10.4 Å². The van der Waals surface area contributed by atoms with Crippen molar-refractivity contribution in [3.63, 3.8) is 0 Å². The Balaban J connectivity index is 1.80. The minimum Gasteiger partial charge on any atom is -0.389 e. The van der Waals surface area contributed by atoms with E-state index in [0.29, 0.717) is 19.6 Å². The maximum atomic E-state index is 11.3. The number of hydrogen-bond acceptors (Lipinski definition) is 4. The van der Waals surface area contributed by atoms with Gasteiger partial charge in [0.2, 0.25) is 5.91 Å². The molecular formula is C10H17N3O3. The number of β-amino-alcohol motifs (C(OH)–C–C–N with tert-alkyl or cyclic N) is 1. The summed E-state index contributed by atoms with van der Waals surface area (Å²) in [6, 6.07) is -0.309. The summed E-state index contributed by atoms with van der Waals surface area (Å²) < 4.78 is 0. The summed E-state index contributed by atoms with van der Waals surface area (Å²) in [7, 11) is 0. The highest BCUT2D eigenvalue weighted by Crippen LogP contribution is 2.19. The van der Waals surface area contributed by atoms with Gasteiger partial charge in [-0.05, 0) is 13.3 Å². The third kappa shape index (κ3) is 2.33. The third-order valence-electron chi connectivity index (χ3n) is 3.11. The minimum atomic E-state index is -0.628. The summed E-state index contributed by atoms with van der Waals surface area (Å²) in [4.78, 5) is 25.8. The third-order valence-corrected chi connectivity index (χ3v) is 3.11. The number of carbonyl (C=O) groups excluding carboxylic acids is 2. The fourth-order valence-electron chi connectivity index (χ4n) is 2.15. The number of nitrogens with zero attached hydrogens (tertiary/aromatic N) is 2. The molecule has 3 amide bonds. The van der Waals surface area contributed by atoms with E-state index in [0.717, 1.165) is 13.0 Å². The number of aliphatic hydroxyl groups is 1. The lowest BCUT2D eigenvalue weighted by atomic mass is 10.1. The zero-order valence-electron chi connectivity index (χ0n) is 9.40. The number of urea groups is 1. The number of imide groups is 1. The molecule has 2 fully saturated rings. The Morgan fingerprint density at radius 2 is 2.19 bits per heavy atom. The van der Waals surface area contributed by atoms with Crippen LogP contribution in [0.2, 0.25) is 0 Å². The van der Waals surface area contributed by atoms with E-state index in [4.69, 9.17) is 0 Å². The molecule has 2 N–H and O–H groups in total. The lowest BCUT2D eigenvalue weighted by Crippen LogP contribution is -2.39. The molecule has 0 saturated carbocycles. The van der Waals surface area contributed by atoms with Gasteiger partial charge in [-0.25, -0.2) is 4.79 Å². The largest absolute Gasteiger partial charge is 0.389 e. The Morgan fingerprint density at radius 1 is 1.44 bits per heavy atom. The van der Waals surface area contributed by atoms with Gasteiger partial charge in [0.15, 0.2) is 0 Å². The van der Waals surface area contributed by atoms with Crippen LogP contribution in [-0.4, -0.2) is 65.2 Å². The van der Waals surface area contributed by atoms with Crippen molar-refractivity contribution in [2.75, 3.05) is 32.7 Å². The summed E-state index contributed by atoms with van der Waals surface area (Å²) in [5.41, 5.74) is -0.628. The number of amides is 3. The number of carbonyl (C=O) groups is 2. The van der Waals surface area contributed by atoms with Crippen molar-refractivity contribution in [1.29, 1.82) is 0 Å². The molecule has 0 bridgehead atoms. The highest BCUT2D eigenvalue weighted by Gasteiger charge is 2.33. The maximum absolute atomic E-state index is 11.3. The van der Waals surface area contributed by atoms with Crippen LogP contribution in [0.3, 0.4) is 0 Å². The number of hydrogen-bond donors (Lipinski definition) is 2. The van der Waals surface area contributed by atoms with Gasteiger partial charge in [-0.15, -0.1) is 0 Å². The monoisotopic (exact) mass is 227 g/mol. The highest BCUT2D eigenvalue weighted by atomic mass is 16.3. The maximum Gasteiger partial charge on any atom is 0.324 e. The van der Waals surface area contributed by atoms with Crippen LogP contribution in [0.25, 0.3) is 0 Å². The van der Waals surface area contributed by atoms with Crippen LogP contribution in [0, 0.1) is 0 Å². The van der Waals surface area contributed by atoms with Crippen LogP contribution in [0.15, 0.2) is 0 Å². The van der Waals surface area contributed by atoms with E-state index in [2.05, 4.69) is 10.2 Å². The summed E-state index contributed by atoms with van der Waals surface area (Å²) in [5, 5.41) is 12.2. The molecule has 1 atom stereocenters. The first-order valence-electron chi connectivity index (χ1n) is 5.51. The van der Waals surface area contributed by atoms with Crippen LogP contribution < -0.4 is 5.32 Å². The van der Waals surface area contributed by atoms with E-state index >= 15 is 0 Å². The Morgan fingerprint density at radius 3 is 2.69 bits per heavy atom. The molecule has 0 aliphatic carbocycles. The van der Waals surface area contributed by atoms with Crippen molar-refractivity contribution in [2.45, 2.75) is 18.9 Å². The molecule has 0 spiro atoms. The summed E-state index contributed by atoms with van der Waals surface area (Å²) in [6.45, 7) is 4.38. The summed E-state index contributed by atoms with van der Waals surface area (Å²) in [5.74, 6) is -0.170. The second kappa shape index (κ2) is 4.03.